The molecule has 1 aliphatic heterocycles. The summed E-state index contributed by atoms with van der Waals surface area (Å²) >= 11 is 5.03. The molecule has 3 rings (SSSR count). The summed E-state index contributed by atoms with van der Waals surface area (Å²) in [6, 6.07) is 17.0. The van der Waals surface area contributed by atoms with Crippen LogP contribution >= 0.6 is 12.2 Å². The quantitative estimate of drug-likeness (QED) is 0.296. The summed E-state index contributed by atoms with van der Waals surface area (Å²) in [4.78, 5) is 25.9. The van der Waals surface area contributed by atoms with Gasteiger partial charge in [0.15, 0.2) is 5.11 Å². The first-order chi connectivity index (χ1) is 13.1. The molecule has 1 saturated heterocycles. The maximum Gasteiger partial charge on any atom is 0.265 e. The second-order valence-corrected chi connectivity index (χ2v) is 6.15. The lowest BCUT2D eigenvalue weighted by molar-refractivity contribution is -0.128. The number of benzene rings is 2. The lowest BCUT2D eigenvalue weighted by atomic mass is 10.1. The van der Waals surface area contributed by atoms with Gasteiger partial charge >= 0.3 is 0 Å². The molecule has 5 heteroatoms. The number of hydrogen-bond acceptors (Lipinski definition) is 3. The van der Waals surface area contributed by atoms with Crippen LogP contribution in [-0.2, 0) is 9.59 Å². The van der Waals surface area contributed by atoms with Gasteiger partial charge in [-0.1, -0.05) is 48.2 Å². The zero-order valence-electron chi connectivity index (χ0n) is 14.4. The van der Waals surface area contributed by atoms with Crippen molar-refractivity contribution in [2.75, 3.05) is 6.54 Å². The molecule has 1 aliphatic rings. The molecule has 0 atom stereocenters. The van der Waals surface area contributed by atoms with Crippen LogP contribution in [0, 0.1) is 11.8 Å². The second kappa shape index (κ2) is 8.26. The van der Waals surface area contributed by atoms with Gasteiger partial charge in [0.1, 0.15) is 5.57 Å². The number of amides is 2. The van der Waals surface area contributed by atoms with Crippen LogP contribution in [0.15, 0.2) is 72.8 Å². The van der Waals surface area contributed by atoms with Crippen LogP contribution in [0.2, 0.25) is 0 Å². The molecule has 0 aliphatic carbocycles. The minimum atomic E-state index is -0.502. The van der Waals surface area contributed by atoms with E-state index in [1.54, 1.807) is 12.2 Å². The zero-order chi connectivity index (χ0) is 19.2. The molecule has 0 spiro atoms. The third-order valence-electron chi connectivity index (χ3n) is 3.84. The van der Waals surface area contributed by atoms with E-state index in [4.69, 9.17) is 12.2 Å². The van der Waals surface area contributed by atoms with Crippen molar-refractivity contribution in [3.63, 3.8) is 0 Å². The summed E-state index contributed by atoms with van der Waals surface area (Å²) in [5.41, 5.74) is 2.54. The van der Waals surface area contributed by atoms with E-state index in [1.807, 2.05) is 54.6 Å². The summed E-state index contributed by atoms with van der Waals surface area (Å²) in [6.07, 6.45) is 3.10. The monoisotopic (exact) mass is 372 g/mol. The van der Waals surface area contributed by atoms with Crippen molar-refractivity contribution in [3.05, 3.63) is 89.5 Å². The molecule has 1 heterocycles. The van der Waals surface area contributed by atoms with Crippen LogP contribution in [0.4, 0.5) is 0 Å². The Hall–Kier alpha value is -3.49. The Bertz CT molecular complexity index is 996. The summed E-state index contributed by atoms with van der Waals surface area (Å²) in [7, 11) is 0. The van der Waals surface area contributed by atoms with Crippen molar-refractivity contribution in [3.8, 4) is 11.8 Å². The number of carbonyl (C=O) groups excluding carboxylic acids is 2. The molecule has 1 N–H and O–H groups in total. The fourth-order valence-electron chi connectivity index (χ4n) is 2.48. The van der Waals surface area contributed by atoms with Crippen molar-refractivity contribution in [1.82, 2.24) is 10.2 Å². The van der Waals surface area contributed by atoms with Gasteiger partial charge in [-0.25, -0.2) is 0 Å². The third kappa shape index (κ3) is 4.38. The van der Waals surface area contributed by atoms with E-state index in [2.05, 4.69) is 23.7 Å². The topological polar surface area (TPSA) is 49.4 Å². The Morgan fingerprint density at radius 2 is 1.63 bits per heavy atom. The van der Waals surface area contributed by atoms with E-state index >= 15 is 0 Å². The number of nitrogens with one attached hydrogen (secondary N) is 1. The van der Waals surface area contributed by atoms with Crippen molar-refractivity contribution in [2.45, 2.75) is 0 Å². The van der Waals surface area contributed by atoms with Crippen LogP contribution < -0.4 is 5.32 Å². The standard InChI is InChI=1S/C22H16N2O2S/c1-2-14-24-21(26)19(20(25)23-22(24)27)15-18-12-10-17(11-13-18)9-8-16-6-4-3-5-7-16/h2-7,10-13,15H,1,14H2,(H,23,25,27). The summed E-state index contributed by atoms with van der Waals surface area (Å²) in [6.45, 7) is 3.84. The molecular formula is C22H16N2O2S. The molecule has 4 nitrogen and oxygen atoms in total. The first-order valence-electron chi connectivity index (χ1n) is 8.25. The van der Waals surface area contributed by atoms with Gasteiger partial charge in [-0.3, -0.25) is 19.8 Å². The fraction of sp³-hybridized carbons (Fsp3) is 0.0455. The van der Waals surface area contributed by atoms with Crippen molar-refractivity contribution in [2.24, 2.45) is 0 Å². The average Bonchev–Trinajstić information content (AvgIpc) is 2.68. The smallest absolute Gasteiger partial charge is 0.265 e. The van der Waals surface area contributed by atoms with E-state index in [0.717, 1.165) is 16.7 Å². The number of carbonyl (C=O) groups is 2. The van der Waals surface area contributed by atoms with Gasteiger partial charge in [0.25, 0.3) is 11.8 Å². The highest BCUT2D eigenvalue weighted by atomic mass is 32.1. The summed E-state index contributed by atoms with van der Waals surface area (Å²) in [5, 5.41) is 2.62. The van der Waals surface area contributed by atoms with E-state index in [9.17, 15) is 9.59 Å². The Balaban J connectivity index is 1.81. The largest absolute Gasteiger partial charge is 0.298 e. The number of thiocarbonyl (C=S) groups is 1. The van der Waals surface area contributed by atoms with Gasteiger partial charge in [0.2, 0.25) is 0 Å². The Kier molecular flexibility index (Phi) is 5.60. The molecule has 0 unspecified atom stereocenters. The predicted molar refractivity (Wildman–Crippen MR) is 109 cm³/mol. The molecule has 27 heavy (non-hydrogen) atoms. The van der Waals surface area contributed by atoms with Gasteiger partial charge in [0, 0.05) is 17.7 Å². The van der Waals surface area contributed by atoms with Crippen LogP contribution in [0.3, 0.4) is 0 Å². The molecule has 2 aromatic carbocycles. The molecule has 0 radical (unpaired) electrons. The molecule has 0 saturated carbocycles. The first-order valence-corrected chi connectivity index (χ1v) is 8.66. The third-order valence-corrected chi connectivity index (χ3v) is 4.17. The van der Waals surface area contributed by atoms with Crippen LogP contribution in [0.1, 0.15) is 16.7 Å². The lowest BCUT2D eigenvalue weighted by Gasteiger charge is -2.27. The molecule has 0 bridgehead atoms. The Morgan fingerprint density at radius 3 is 2.26 bits per heavy atom. The van der Waals surface area contributed by atoms with Crippen LogP contribution in [-0.4, -0.2) is 28.4 Å². The number of hydrogen-bond donors (Lipinski definition) is 1. The highest BCUT2D eigenvalue weighted by Gasteiger charge is 2.32. The van der Waals surface area contributed by atoms with Crippen LogP contribution in [0.5, 0.6) is 0 Å². The lowest BCUT2D eigenvalue weighted by Crippen LogP contribution is -2.53. The highest BCUT2D eigenvalue weighted by molar-refractivity contribution is 7.80. The summed E-state index contributed by atoms with van der Waals surface area (Å²) < 4.78 is 0. The van der Waals surface area contributed by atoms with E-state index in [1.165, 1.54) is 4.90 Å². The minimum Gasteiger partial charge on any atom is -0.298 e. The normalized spacial score (nSPS) is 15.2. The second-order valence-electron chi connectivity index (χ2n) is 5.76. The Morgan fingerprint density at radius 1 is 1.00 bits per heavy atom. The zero-order valence-corrected chi connectivity index (χ0v) is 15.3. The van der Waals surface area contributed by atoms with Crippen molar-refractivity contribution in [1.29, 1.82) is 0 Å². The molecule has 0 aromatic heterocycles. The van der Waals surface area contributed by atoms with Gasteiger partial charge in [-0.15, -0.1) is 6.58 Å². The fourth-order valence-corrected chi connectivity index (χ4v) is 2.73. The van der Waals surface area contributed by atoms with E-state index in [0.29, 0.717) is 0 Å². The molecule has 1 fully saturated rings. The van der Waals surface area contributed by atoms with Crippen LogP contribution in [0.25, 0.3) is 6.08 Å². The van der Waals surface area contributed by atoms with Gasteiger partial charge < -0.3 is 0 Å². The predicted octanol–water partition coefficient (Wildman–Crippen LogP) is 2.90. The van der Waals surface area contributed by atoms with Gasteiger partial charge in [-0.05, 0) is 48.1 Å². The maximum atomic E-state index is 12.5. The molecule has 2 aromatic rings. The summed E-state index contributed by atoms with van der Waals surface area (Å²) in [5.74, 6) is 5.24. The van der Waals surface area contributed by atoms with E-state index < -0.39 is 11.8 Å². The number of nitrogens with zero attached hydrogens (tertiary/aromatic N) is 1. The maximum absolute atomic E-state index is 12.5. The molecular weight excluding hydrogens is 356 g/mol. The van der Waals surface area contributed by atoms with Crippen molar-refractivity contribution >= 4 is 35.2 Å². The first kappa shape index (κ1) is 18.3. The molecule has 2 amide bonds. The highest BCUT2D eigenvalue weighted by Crippen LogP contribution is 2.15. The molecule has 132 valence electrons. The van der Waals surface area contributed by atoms with Gasteiger partial charge in [-0.2, -0.15) is 0 Å². The average molecular weight is 372 g/mol. The van der Waals surface area contributed by atoms with Gasteiger partial charge in [0.05, 0.1) is 0 Å². The van der Waals surface area contributed by atoms with E-state index in [-0.39, 0.29) is 17.2 Å². The minimum absolute atomic E-state index is 0.0357. The number of rotatable bonds is 3. The van der Waals surface area contributed by atoms with Crippen molar-refractivity contribution < 1.29 is 9.59 Å². The SMILES string of the molecule is C=CCN1C(=O)C(=Cc2ccc(C#Cc3ccccc3)cc2)C(=O)NC1=S. The Labute approximate surface area is 163 Å².